The number of aryl methyl sites for hydroxylation is 2. The molecule has 0 radical (unpaired) electrons. The third kappa shape index (κ3) is 4.84. The second kappa shape index (κ2) is 7.44. The normalized spacial score (nSPS) is 10.2. The minimum Gasteiger partial charge on any atom is -0.376 e. The van der Waals surface area contributed by atoms with Crippen LogP contribution < -0.4 is 16.0 Å². The van der Waals surface area contributed by atoms with Crippen molar-refractivity contribution in [3.05, 3.63) is 35.5 Å². The first-order chi connectivity index (χ1) is 11.0. The first-order valence-corrected chi connectivity index (χ1v) is 7.35. The summed E-state index contributed by atoms with van der Waals surface area (Å²) in [5.41, 5.74) is 3.14. The molecule has 1 aromatic carbocycles. The Bertz CT molecular complexity index is 709. The van der Waals surface area contributed by atoms with Crippen LogP contribution in [0.25, 0.3) is 0 Å². The average molecular weight is 316 g/mol. The number of hydrogen-bond acceptors (Lipinski definition) is 5. The maximum Gasteiger partial charge on any atom is 0.246 e. The summed E-state index contributed by atoms with van der Waals surface area (Å²) in [6.07, 6.45) is 0.412. The van der Waals surface area contributed by atoms with E-state index in [0.29, 0.717) is 23.7 Å². The van der Waals surface area contributed by atoms with E-state index in [2.05, 4.69) is 21.1 Å². The van der Waals surface area contributed by atoms with E-state index < -0.39 is 0 Å². The van der Waals surface area contributed by atoms with Gasteiger partial charge in [-0.05, 0) is 31.5 Å². The fourth-order valence-electron chi connectivity index (χ4n) is 1.92. The molecule has 2 rings (SSSR count). The van der Waals surface area contributed by atoms with Crippen molar-refractivity contribution in [3.63, 3.8) is 0 Å². The summed E-state index contributed by atoms with van der Waals surface area (Å²) in [4.78, 5) is 23.3. The molecule has 7 nitrogen and oxygen atoms in total. The van der Waals surface area contributed by atoms with E-state index in [0.717, 1.165) is 11.3 Å². The second-order valence-electron chi connectivity index (χ2n) is 5.17. The molecule has 3 N–H and O–H groups in total. The summed E-state index contributed by atoms with van der Waals surface area (Å²) in [6, 6.07) is 7.15. The Morgan fingerprint density at radius 1 is 1.13 bits per heavy atom. The van der Waals surface area contributed by atoms with Crippen molar-refractivity contribution in [1.82, 2.24) is 5.16 Å². The lowest BCUT2D eigenvalue weighted by atomic mass is 10.1. The molecule has 2 aromatic rings. The van der Waals surface area contributed by atoms with Gasteiger partial charge in [0.2, 0.25) is 17.7 Å². The Kier molecular flexibility index (Phi) is 5.35. The van der Waals surface area contributed by atoms with Crippen LogP contribution in [0.3, 0.4) is 0 Å². The summed E-state index contributed by atoms with van der Waals surface area (Å²) < 4.78 is 4.93. The largest absolute Gasteiger partial charge is 0.376 e. The van der Waals surface area contributed by atoms with Crippen molar-refractivity contribution in [3.8, 4) is 0 Å². The number of rotatable bonds is 6. The number of amides is 2. The Balaban J connectivity index is 1.95. The van der Waals surface area contributed by atoms with Crippen molar-refractivity contribution in [2.45, 2.75) is 27.2 Å². The Labute approximate surface area is 134 Å². The molecule has 0 bridgehead atoms. The molecule has 0 saturated heterocycles. The lowest BCUT2D eigenvalue weighted by Gasteiger charge is -2.11. The molecule has 122 valence electrons. The van der Waals surface area contributed by atoms with Gasteiger partial charge in [-0.25, -0.2) is 0 Å². The number of carbonyl (C=O) groups excluding carboxylic acids is 2. The van der Waals surface area contributed by atoms with Gasteiger partial charge in [-0.1, -0.05) is 18.1 Å². The molecule has 0 aliphatic heterocycles. The summed E-state index contributed by atoms with van der Waals surface area (Å²) in [7, 11) is 0. The number of benzene rings is 1. The van der Waals surface area contributed by atoms with Crippen molar-refractivity contribution in [1.29, 1.82) is 0 Å². The van der Waals surface area contributed by atoms with E-state index in [1.54, 1.807) is 26.0 Å². The molecule has 23 heavy (non-hydrogen) atoms. The molecule has 0 unspecified atom stereocenters. The summed E-state index contributed by atoms with van der Waals surface area (Å²) in [6.45, 7) is 5.56. The number of nitrogens with zero attached hydrogens (tertiary/aromatic N) is 1. The number of carbonyl (C=O) groups is 2. The van der Waals surface area contributed by atoms with Gasteiger partial charge in [0.25, 0.3) is 0 Å². The first kappa shape index (κ1) is 16.5. The third-order valence-corrected chi connectivity index (χ3v) is 3.17. The maximum absolute atomic E-state index is 11.9. The SMILES string of the molecule is CCC(=O)Nc1ccc(C)c(NCC(=O)Nc2cc(C)no2)c1. The van der Waals surface area contributed by atoms with E-state index in [-0.39, 0.29) is 18.4 Å². The van der Waals surface area contributed by atoms with Crippen molar-refractivity contribution in [2.24, 2.45) is 0 Å². The molecule has 0 aliphatic rings. The van der Waals surface area contributed by atoms with Crippen LogP contribution in [0.1, 0.15) is 24.6 Å². The highest BCUT2D eigenvalue weighted by molar-refractivity contribution is 5.93. The highest BCUT2D eigenvalue weighted by Crippen LogP contribution is 2.20. The van der Waals surface area contributed by atoms with Gasteiger partial charge in [-0.3, -0.25) is 14.9 Å². The standard InChI is InChI=1S/C16H20N4O3/c1-4-14(21)18-12-6-5-10(2)13(8-12)17-9-15(22)19-16-7-11(3)20-23-16/h5-8,17H,4,9H2,1-3H3,(H,18,21)(H,19,22). The molecule has 2 amide bonds. The molecule has 0 spiro atoms. The molecular formula is C16H20N4O3. The average Bonchev–Trinajstić information content (AvgIpc) is 2.92. The quantitative estimate of drug-likeness (QED) is 0.761. The van der Waals surface area contributed by atoms with Gasteiger partial charge < -0.3 is 15.2 Å². The predicted molar refractivity (Wildman–Crippen MR) is 88.5 cm³/mol. The van der Waals surface area contributed by atoms with Crippen molar-refractivity contribution >= 4 is 29.1 Å². The van der Waals surface area contributed by atoms with Crippen LogP contribution in [0.15, 0.2) is 28.8 Å². The molecule has 0 aliphatic carbocycles. The number of aromatic nitrogens is 1. The topological polar surface area (TPSA) is 96.3 Å². The summed E-state index contributed by atoms with van der Waals surface area (Å²) in [5.74, 6) is 0.0109. The molecule has 7 heteroatoms. The van der Waals surface area contributed by atoms with Crippen LogP contribution in [0.2, 0.25) is 0 Å². The zero-order chi connectivity index (χ0) is 16.8. The lowest BCUT2D eigenvalue weighted by Crippen LogP contribution is -2.22. The van der Waals surface area contributed by atoms with Gasteiger partial charge >= 0.3 is 0 Å². The Hall–Kier alpha value is -2.83. The van der Waals surface area contributed by atoms with E-state index in [1.165, 1.54) is 0 Å². The number of anilines is 3. The molecule has 0 atom stereocenters. The number of hydrogen-bond donors (Lipinski definition) is 3. The molecule has 1 heterocycles. The molecular weight excluding hydrogens is 296 g/mol. The minimum atomic E-state index is -0.247. The van der Waals surface area contributed by atoms with E-state index >= 15 is 0 Å². The van der Waals surface area contributed by atoms with Crippen LogP contribution in [0.4, 0.5) is 17.3 Å². The molecule has 0 saturated carbocycles. The fourth-order valence-corrected chi connectivity index (χ4v) is 1.92. The third-order valence-electron chi connectivity index (χ3n) is 3.17. The van der Waals surface area contributed by atoms with Crippen LogP contribution in [-0.2, 0) is 9.59 Å². The summed E-state index contributed by atoms with van der Waals surface area (Å²) in [5, 5.41) is 12.1. The Morgan fingerprint density at radius 3 is 2.57 bits per heavy atom. The van der Waals surface area contributed by atoms with Gasteiger partial charge in [-0.2, -0.15) is 0 Å². The van der Waals surface area contributed by atoms with Crippen LogP contribution in [-0.4, -0.2) is 23.5 Å². The fraction of sp³-hybridized carbons (Fsp3) is 0.312. The van der Waals surface area contributed by atoms with Gasteiger partial charge in [0.1, 0.15) is 0 Å². The van der Waals surface area contributed by atoms with Crippen LogP contribution in [0.5, 0.6) is 0 Å². The predicted octanol–water partition coefficient (Wildman–Crippen LogP) is 2.69. The smallest absolute Gasteiger partial charge is 0.246 e. The highest BCUT2D eigenvalue weighted by atomic mass is 16.5. The van der Waals surface area contributed by atoms with E-state index in [4.69, 9.17) is 4.52 Å². The van der Waals surface area contributed by atoms with E-state index in [1.807, 2.05) is 19.1 Å². The minimum absolute atomic E-state index is 0.0572. The first-order valence-electron chi connectivity index (χ1n) is 7.35. The number of nitrogens with one attached hydrogen (secondary N) is 3. The lowest BCUT2D eigenvalue weighted by molar-refractivity contribution is -0.116. The molecule has 0 fully saturated rings. The van der Waals surface area contributed by atoms with E-state index in [9.17, 15) is 9.59 Å². The van der Waals surface area contributed by atoms with Gasteiger partial charge in [0.15, 0.2) is 0 Å². The summed E-state index contributed by atoms with van der Waals surface area (Å²) >= 11 is 0. The van der Waals surface area contributed by atoms with Crippen molar-refractivity contribution in [2.75, 3.05) is 22.5 Å². The van der Waals surface area contributed by atoms with Gasteiger partial charge in [0.05, 0.1) is 12.2 Å². The second-order valence-corrected chi connectivity index (χ2v) is 5.17. The zero-order valence-corrected chi connectivity index (χ0v) is 13.4. The zero-order valence-electron chi connectivity index (χ0n) is 13.4. The highest BCUT2D eigenvalue weighted by Gasteiger charge is 2.08. The maximum atomic E-state index is 11.9. The van der Waals surface area contributed by atoms with Crippen molar-refractivity contribution < 1.29 is 14.1 Å². The van der Waals surface area contributed by atoms with Gasteiger partial charge in [-0.15, -0.1) is 0 Å². The van der Waals surface area contributed by atoms with Crippen LogP contribution in [0, 0.1) is 13.8 Å². The monoisotopic (exact) mass is 316 g/mol. The van der Waals surface area contributed by atoms with Gasteiger partial charge in [0, 0.05) is 23.9 Å². The van der Waals surface area contributed by atoms with Crippen LogP contribution >= 0.6 is 0 Å². The molecule has 1 aromatic heterocycles. The Morgan fingerprint density at radius 2 is 1.91 bits per heavy atom.